The summed E-state index contributed by atoms with van der Waals surface area (Å²) in [6, 6.07) is 0. The van der Waals surface area contributed by atoms with E-state index >= 15 is 0 Å². The highest BCUT2D eigenvalue weighted by molar-refractivity contribution is 5.86. The van der Waals surface area contributed by atoms with Crippen molar-refractivity contribution in [3.63, 3.8) is 0 Å². The van der Waals surface area contributed by atoms with Crippen LogP contribution in [0.4, 0.5) is 0 Å². The molecule has 2 aliphatic rings. The molecule has 166 valence electrons. The molecule has 0 spiro atoms. The predicted octanol–water partition coefficient (Wildman–Crippen LogP) is 6.09. The van der Waals surface area contributed by atoms with Crippen LogP contribution in [0.5, 0.6) is 0 Å². The second-order valence-electron chi connectivity index (χ2n) is 9.83. The lowest BCUT2D eigenvalue weighted by Gasteiger charge is -2.34. The Morgan fingerprint density at radius 3 is 1.62 bits per heavy atom. The van der Waals surface area contributed by atoms with Crippen molar-refractivity contribution in [2.75, 3.05) is 13.2 Å². The second-order valence-corrected chi connectivity index (χ2v) is 9.83. The van der Waals surface area contributed by atoms with Gasteiger partial charge in [0.05, 0.1) is 19.1 Å². The van der Waals surface area contributed by atoms with Gasteiger partial charge in [0.1, 0.15) is 0 Å². The fourth-order valence-corrected chi connectivity index (χ4v) is 4.92. The first-order chi connectivity index (χ1) is 13.8. The summed E-state index contributed by atoms with van der Waals surface area (Å²) in [7, 11) is 0. The van der Waals surface area contributed by atoms with Gasteiger partial charge in [0.15, 0.2) is 0 Å². The summed E-state index contributed by atoms with van der Waals surface area (Å²) in [6.07, 6.45) is 14.0. The number of carbonyl (C=O) groups excluding carboxylic acids is 2. The molecule has 0 aromatic rings. The number of hydrogen-bond acceptors (Lipinski definition) is 4. The molecule has 0 atom stereocenters. The van der Waals surface area contributed by atoms with E-state index in [9.17, 15) is 9.59 Å². The summed E-state index contributed by atoms with van der Waals surface area (Å²) in [5.74, 6) is 2.89. The lowest BCUT2D eigenvalue weighted by atomic mass is 9.72. The molecule has 2 saturated carbocycles. The normalized spacial score (nSPS) is 27.4. The Hall–Kier alpha value is -1.32. The molecule has 0 heterocycles. The molecule has 2 aliphatic carbocycles. The van der Waals surface area contributed by atoms with E-state index in [4.69, 9.17) is 9.47 Å². The molecule has 2 rings (SSSR count). The molecule has 4 heteroatoms. The minimum Gasteiger partial charge on any atom is -0.465 e. The van der Waals surface area contributed by atoms with Gasteiger partial charge in [-0.25, -0.2) is 4.79 Å². The molecular weight excluding hydrogens is 364 g/mol. The van der Waals surface area contributed by atoms with E-state index in [1.807, 2.05) is 13.8 Å². The van der Waals surface area contributed by atoms with Crippen LogP contribution in [0.3, 0.4) is 0 Å². The third-order valence-corrected chi connectivity index (χ3v) is 6.95. The smallest absolute Gasteiger partial charge is 0.333 e. The molecule has 0 saturated heterocycles. The molecule has 0 bridgehead atoms. The van der Waals surface area contributed by atoms with Crippen molar-refractivity contribution in [2.45, 2.75) is 91.4 Å². The minimum atomic E-state index is -0.257. The molecule has 0 amide bonds. The first-order valence-electron chi connectivity index (χ1n) is 11.8. The summed E-state index contributed by atoms with van der Waals surface area (Å²) in [6.45, 7) is 10.2. The number of hydrogen-bond donors (Lipinski definition) is 0. The summed E-state index contributed by atoms with van der Waals surface area (Å²) < 4.78 is 10.6. The quantitative estimate of drug-likeness (QED) is 0.325. The van der Waals surface area contributed by atoms with Crippen LogP contribution in [0.2, 0.25) is 0 Å². The highest BCUT2D eigenvalue weighted by Crippen LogP contribution is 2.39. The van der Waals surface area contributed by atoms with Crippen LogP contribution in [0, 0.1) is 29.6 Å². The van der Waals surface area contributed by atoms with Crippen molar-refractivity contribution in [3.8, 4) is 0 Å². The molecule has 0 aliphatic heterocycles. The van der Waals surface area contributed by atoms with Crippen LogP contribution < -0.4 is 0 Å². The molecule has 4 nitrogen and oxygen atoms in total. The van der Waals surface area contributed by atoms with E-state index in [-0.39, 0.29) is 17.9 Å². The zero-order valence-corrected chi connectivity index (χ0v) is 18.9. The standard InChI is InChI=1S/C25H42O4/c1-18(2)24(26)28-15-13-20-5-9-22(10-6-20)17-23-11-7-21(8-12-23)14-16-29-25(27)19(3)4/h19-23H,1,5-17H2,2-4H3. The summed E-state index contributed by atoms with van der Waals surface area (Å²) >= 11 is 0. The van der Waals surface area contributed by atoms with Crippen LogP contribution in [0.25, 0.3) is 0 Å². The van der Waals surface area contributed by atoms with E-state index in [1.54, 1.807) is 6.92 Å². The van der Waals surface area contributed by atoms with Crippen LogP contribution in [-0.4, -0.2) is 25.2 Å². The molecule has 2 fully saturated rings. The molecule has 0 unspecified atom stereocenters. The Bertz CT molecular complexity index is 523. The van der Waals surface area contributed by atoms with Gasteiger partial charge in [-0.3, -0.25) is 4.79 Å². The first-order valence-corrected chi connectivity index (χ1v) is 11.8. The maximum atomic E-state index is 11.5. The average Bonchev–Trinajstić information content (AvgIpc) is 2.70. The van der Waals surface area contributed by atoms with Crippen molar-refractivity contribution in [2.24, 2.45) is 29.6 Å². The maximum absolute atomic E-state index is 11.5. The summed E-state index contributed by atoms with van der Waals surface area (Å²) in [5.41, 5.74) is 0.486. The van der Waals surface area contributed by atoms with E-state index in [0.29, 0.717) is 24.7 Å². The molecule has 0 N–H and O–H groups in total. The van der Waals surface area contributed by atoms with Crippen molar-refractivity contribution in [1.82, 2.24) is 0 Å². The fourth-order valence-electron chi connectivity index (χ4n) is 4.92. The van der Waals surface area contributed by atoms with Gasteiger partial charge >= 0.3 is 11.9 Å². The average molecular weight is 407 g/mol. The third kappa shape index (κ3) is 8.92. The van der Waals surface area contributed by atoms with Gasteiger partial charge < -0.3 is 9.47 Å². The van der Waals surface area contributed by atoms with Crippen LogP contribution in [0.15, 0.2) is 12.2 Å². The van der Waals surface area contributed by atoms with Gasteiger partial charge in [0.25, 0.3) is 0 Å². The van der Waals surface area contributed by atoms with Gasteiger partial charge in [0, 0.05) is 5.57 Å². The number of rotatable bonds is 10. The Labute approximate surface area is 177 Å². The van der Waals surface area contributed by atoms with Gasteiger partial charge in [-0.15, -0.1) is 0 Å². The largest absolute Gasteiger partial charge is 0.465 e. The van der Waals surface area contributed by atoms with Crippen LogP contribution >= 0.6 is 0 Å². The third-order valence-electron chi connectivity index (χ3n) is 6.95. The van der Waals surface area contributed by atoms with E-state index in [0.717, 1.165) is 30.6 Å². The topological polar surface area (TPSA) is 52.6 Å². The zero-order chi connectivity index (χ0) is 21.2. The van der Waals surface area contributed by atoms with Crippen LogP contribution in [0.1, 0.15) is 91.4 Å². The SMILES string of the molecule is C=C(C)C(=O)OCCC1CCC(CC2CCC(CCOC(=O)C(C)C)CC2)CC1. The molecule has 0 radical (unpaired) electrons. The minimum absolute atomic E-state index is 0.0211. The highest BCUT2D eigenvalue weighted by Gasteiger charge is 2.27. The zero-order valence-electron chi connectivity index (χ0n) is 18.9. The van der Waals surface area contributed by atoms with E-state index in [2.05, 4.69) is 6.58 Å². The monoisotopic (exact) mass is 406 g/mol. The van der Waals surface area contributed by atoms with Gasteiger partial charge in [-0.1, -0.05) is 71.8 Å². The molecule has 0 aromatic heterocycles. The molecule has 0 aromatic carbocycles. The van der Waals surface area contributed by atoms with Crippen molar-refractivity contribution < 1.29 is 19.1 Å². The summed E-state index contributed by atoms with van der Waals surface area (Å²) in [4.78, 5) is 23.0. The van der Waals surface area contributed by atoms with Gasteiger partial charge in [-0.2, -0.15) is 0 Å². The Balaban J connectivity index is 1.53. The maximum Gasteiger partial charge on any atom is 0.333 e. The van der Waals surface area contributed by atoms with Crippen LogP contribution in [-0.2, 0) is 19.1 Å². The Kier molecular flexibility index (Phi) is 10.2. The Morgan fingerprint density at radius 1 is 0.793 bits per heavy atom. The number of ether oxygens (including phenoxy) is 2. The lowest BCUT2D eigenvalue weighted by molar-refractivity contribution is -0.147. The molecule has 29 heavy (non-hydrogen) atoms. The first kappa shape index (κ1) is 24.0. The number of carbonyl (C=O) groups is 2. The van der Waals surface area contributed by atoms with Gasteiger partial charge in [-0.05, 0) is 49.9 Å². The van der Waals surface area contributed by atoms with Crippen molar-refractivity contribution in [1.29, 1.82) is 0 Å². The van der Waals surface area contributed by atoms with E-state index < -0.39 is 0 Å². The highest BCUT2D eigenvalue weighted by atomic mass is 16.5. The van der Waals surface area contributed by atoms with Gasteiger partial charge in [0.2, 0.25) is 0 Å². The second kappa shape index (κ2) is 12.4. The van der Waals surface area contributed by atoms with Crippen molar-refractivity contribution >= 4 is 11.9 Å². The fraction of sp³-hybridized carbons (Fsp3) is 0.840. The van der Waals surface area contributed by atoms with Crippen molar-refractivity contribution in [3.05, 3.63) is 12.2 Å². The summed E-state index contributed by atoms with van der Waals surface area (Å²) in [5, 5.41) is 0. The van der Waals surface area contributed by atoms with E-state index in [1.165, 1.54) is 57.8 Å². The molecular formula is C25H42O4. The predicted molar refractivity (Wildman–Crippen MR) is 116 cm³/mol. The lowest BCUT2D eigenvalue weighted by Crippen LogP contribution is -2.22. The number of esters is 2. The Morgan fingerprint density at radius 2 is 1.21 bits per heavy atom.